The van der Waals surface area contributed by atoms with E-state index in [2.05, 4.69) is 51.7 Å². The fraction of sp³-hybridized carbons (Fsp3) is 0.478. The summed E-state index contributed by atoms with van der Waals surface area (Å²) in [5.74, 6) is 1.44. The van der Waals surface area contributed by atoms with Crippen LogP contribution in [0.25, 0.3) is 0 Å². The average molecular weight is 412 g/mol. The number of aromatic nitrogens is 1. The zero-order valence-corrected chi connectivity index (χ0v) is 18.1. The van der Waals surface area contributed by atoms with Crippen LogP contribution in [0.4, 0.5) is 0 Å². The molecule has 3 rings (SSSR count). The average Bonchev–Trinajstić information content (AvgIpc) is 2.78. The Balaban J connectivity index is 1.61. The standard InChI is InChI=1S/C23H33N5O2/c1-3-24-23(26-16-19-9-10-25-22(15-19)30-4-2)27-17-20-7-5-6-8-21(20)18-28-11-13-29-14-12-28/h5-10,15H,3-4,11-14,16-18H2,1-2H3,(H2,24,26,27). The summed E-state index contributed by atoms with van der Waals surface area (Å²) in [4.78, 5) is 11.4. The normalized spacial score (nSPS) is 15.1. The molecule has 2 N–H and O–H groups in total. The minimum absolute atomic E-state index is 0.563. The number of pyridine rings is 1. The van der Waals surface area contributed by atoms with Crippen LogP contribution in [0, 0.1) is 0 Å². The molecule has 1 fully saturated rings. The second-order valence-electron chi connectivity index (χ2n) is 7.14. The number of morpholine rings is 1. The van der Waals surface area contributed by atoms with Gasteiger partial charge in [0, 0.05) is 45.0 Å². The van der Waals surface area contributed by atoms with E-state index >= 15 is 0 Å². The van der Waals surface area contributed by atoms with Crippen molar-refractivity contribution in [1.29, 1.82) is 0 Å². The van der Waals surface area contributed by atoms with Gasteiger partial charge in [-0.15, -0.1) is 0 Å². The van der Waals surface area contributed by atoms with Crippen LogP contribution >= 0.6 is 0 Å². The van der Waals surface area contributed by atoms with Crippen molar-refractivity contribution in [2.75, 3.05) is 39.5 Å². The monoisotopic (exact) mass is 411 g/mol. The smallest absolute Gasteiger partial charge is 0.213 e. The van der Waals surface area contributed by atoms with Crippen LogP contribution in [0.15, 0.2) is 47.6 Å². The Morgan fingerprint density at radius 1 is 1.13 bits per heavy atom. The van der Waals surface area contributed by atoms with E-state index in [0.29, 0.717) is 19.0 Å². The van der Waals surface area contributed by atoms with Crippen LogP contribution in [-0.4, -0.2) is 55.3 Å². The fourth-order valence-electron chi connectivity index (χ4n) is 3.35. The van der Waals surface area contributed by atoms with Crippen molar-refractivity contribution in [1.82, 2.24) is 20.5 Å². The molecule has 0 radical (unpaired) electrons. The van der Waals surface area contributed by atoms with Gasteiger partial charge in [-0.1, -0.05) is 24.3 Å². The van der Waals surface area contributed by atoms with Crippen molar-refractivity contribution in [3.8, 4) is 5.88 Å². The summed E-state index contributed by atoms with van der Waals surface area (Å²) in [6.45, 7) is 11.3. The van der Waals surface area contributed by atoms with Crippen LogP contribution in [0.2, 0.25) is 0 Å². The number of nitrogens with one attached hydrogen (secondary N) is 2. The Morgan fingerprint density at radius 3 is 2.70 bits per heavy atom. The zero-order valence-electron chi connectivity index (χ0n) is 18.1. The molecule has 0 spiro atoms. The number of guanidine groups is 1. The van der Waals surface area contributed by atoms with Gasteiger partial charge in [-0.25, -0.2) is 9.98 Å². The van der Waals surface area contributed by atoms with Gasteiger partial charge in [0.2, 0.25) is 5.88 Å². The van der Waals surface area contributed by atoms with Gasteiger partial charge in [0.1, 0.15) is 0 Å². The van der Waals surface area contributed by atoms with Gasteiger partial charge < -0.3 is 20.1 Å². The Hall–Kier alpha value is -2.64. The largest absolute Gasteiger partial charge is 0.478 e. The molecule has 162 valence electrons. The van der Waals surface area contributed by atoms with Gasteiger partial charge in [0.15, 0.2) is 5.96 Å². The highest BCUT2D eigenvalue weighted by Gasteiger charge is 2.12. The number of nitrogens with zero attached hydrogens (tertiary/aromatic N) is 3. The summed E-state index contributed by atoms with van der Waals surface area (Å²) >= 11 is 0. The van der Waals surface area contributed by atoms with E-state index < -0.39 is 0 Å². The predicted octanol–water partition coefficient (Wildman–Crippen LogP) is 2.57. The summed E-state index contributed by atoms with van der Waals surface area (Å²) in [5.41, 5.74) is 3.70. The van der Waals surface area contributed by atoms with E-state index in [0.717, 1.165) is 57.5 Å². The van der Waals surface area contributed by atoms with Crippen LogP contribution in [-0.2, 0) is 24.4 Å². The second kappa shape index (κ2) is 12.1. The molecule has 0 bridgehead atoms. The van der Waals surface area contributed by atoms with Crippen molar-refractivity contribution >= 4 is 5.96 Å². The van der Waals surface area contributed by atoms with Crippen molar-refractivity contribution in [3.63, 3.8) is 0 Å². The molecular weight excluding hydrogens is 378 g/mol. The van der Waals surface area contributed by atoms with E-state index in [9.17, 15) is 0 Å². The van der Waals surface area contributed by atoms with E-state index in [-0.39, 0.29) is 0 Å². The second-order valence-corrected chi connectivity index (χ2v) is 7.14. The van der Waals surface area contributed by atoms with E-state index in [4.69, 9.17) is 14.5 Å². The topological polar surface area (TPSA) is 71.0 Å². The van der Waals surface area contributed by atoms with Crippen LogP contribution < -0.4 is 15.4 Å². The lowest BCUT2D eigenvalue weighted by Crippen LogP contribution is -2.38. The van der Waals surface area contributed by atoms with Gasteiger partial charge in [-0.3, -0.25) is 4.90 Å². The lowest BCUT2D eigenvalue weighted by molar-refractivity contribution is 0.0341. The van der Waals surface area contributed by atoms with Crippen molar-refractivity contribution in [2.24, 2.45) is 4.99 Å². The third-order valence-electron chi connectivity index (χ3n) is 4.92. The molecule has 0 amide bonds. The molecule has 7 heteroatoms. The highest BCUT2D eigenvalue weighted by atomic mass is 16.5. The summed E-state index contributed by atoms with van der Waals surface area (Å²) in [7, 11) is 0. The number of ether oxygens (including phenoxy) is 2. The Labute approximate surface area is 179 Å². The van der Waals surface area contributed by atoms with Crippen molar-refractivity contribution in [3.05, 3.63) is 59.3 Å². The first-order valence-corrected chi connectivity index (χ1v) is 10.7. The van der Waals surface area contributed by atoms with E-state index in [1.165, 1.54) is 11.1 Å². The fourth-order valence-corrected chi connectivity index (χ4v) is 3.35. The van der Waals surface area contributed by atoms with Gasteiger partial charge in [-0.2, -0.15) is 0 Å². The molecule has 30 heavy (non-hydrogen) atoms. The predicted molar refractivity (Wildman–Crippen MR) is 120 cm³/mol. The molecule has 1 aromatic heterocycles. The number of benzene rings is 1. The van der Waals surface area contributed by atoms with Gasteiger partial charge >= 0.3 is 0 Å². The Bertz CT molecular complexity index is 806. The van der Waals surface area contributed by atoms with Gasteiger partial charge in [0.05, 0.1) is 26.4 Å². The van der Waals surface area contributed by atoms with Crippen LogP contribution in [0.1, 0.15) is 30.5 Å². The third kappa shape index (κ3) is 7.00. The number of aliphatic imine (C=N–C) groups is 1. The number of rotatable bonds is 9. The molecule has 2 aromatic rings. The molecule has 0 saturated carbocycles. The summed E-state index contributed by atoms with van der Waals surface area (Å²) in [6.07, 6.45) is 1.76. The minimum Gasteiger partial charge on any atom is -0.478 e. The quantitative estimate of drug-likeness (QED) is 0.488. The molecule has 1 saturated heterocycles. The highest BCUT2D eigenvalue weighted by molar-refractivity contribution is 5.79. The Kier molecular flexibility index (Phi) is 8.93. The van der Waals surface area contributed by atoms with E-state index in [1.54, 1.807) is 6.20 Å². The maximum Gasteiger partial charge on any atom is 0.213 e. The zero-order chi connectivity index (χ0) is 21.0. The molecule has 0 aliphatic carbocycles. The molecule has 0 atom stereocenters. The highest BCUT2D eigenvalue weighted by Crippen LogP contribution is 2.13. The maximum absolute atomic E-state index is 5.48. The first kappa shape index (κ1) is 22.1. The van der Waals surface area contributed by atoms with Gasteiger partial charge in [0.25, 0.3) is 0 Å². The van der Waals surface area contributed by atoms with Gasteiger partial charge in [-0.05, 0) is 36.6 Å². The summed E-state index contributed by atoms with van der Waals surface area (Å²) < 4.78 is 10.9. The van der Waals surface area contributed by atoms with Crippen molar-refractivity contribution in [2.45, 2.75) is 33.5 Å². The maximum atomic E-state index is 5.48. The molecule has 1 aliphatic rings. The third-order valence-corrected chi connectivity index (χ3v) is 4.92. The SMILES string of the molecule is CCNC(=NCc1ccnc(OCC)c1)NCc1ccccc1CN1CCOCC1. The number of hydrogen-bond donors (Lipinski definition) is 2. The first-order valence-electron chi connectivity index (χ1n) is 10.7. The first-order chi connectivity index (χ1) is 14.8. The van der Waals surface area contributed by atoms with Crippen LogP contribution in [0.5, 0.6) is 5.88 Å². The molecule has 7 nitrogen and oxygen atoms in total. The Morgan fingerprint density at radius 2 is 1.93 bits per heavy atom. The minimum atomic E-state index is 0.563. The number of hydrogen-bond acceptors (Lipinski definition) is 5. The van der Waals surface area contributed by atoms with E-state index in [1.807, 2.05) is 19.1 Å². The molecule has 2 heterocycles. The summed E-state index contributed by atoms with van der Waals surface area (Å²) in [6, 6.07) is 12.5. The van der Waals surface area contributed by atoms with Crippen molar-refractivity contribution < 1.29 is 9.47 Å². The lowest BCUT2D eigenvalue weighted by atomic mass is 10.1. The summed E-state index contributed by atoms with van der Waals surface area (Å²) in [5, 5.41) is 6.80. The molecule has 1 aromatic carbocycles. The molecular formula is C23H33N5O2. The molecule has 1 aliphatic heterocycles. The van der Waals surface area contributed by atoms with Crippen LogP contribution in [0.3, 0.4) is 0 Å². The lowest BCUT2D eigenvalue weighted by Gasteiger charge is -2.27. The molecule has 0 unspecified atom stereocenters.